The maximum Gasteiger partial charge on any atom is 0.235 e. The molecule has 2 aromatic carbocycles. The lowest BCUT2D eigenvalue weighted by molar-refractivity contribution is -0.113. The van der Waals surface area contributed by atoms with Crippen molar-refractivity contribution in [3.8, 4) is 11.4 Å². The van der Waals surface area contributed by atoms with Gasteiger partial charge in [0.05, 0.1) is 22.4 Å². The molecule has 0 saturated carbocycles. The predicted octanol–water partition coefficient (Wildman–Crippen LogP) is 4.22. The molecular weight excluding hydrogens is 358 g/mol. The summed E-state index contributed by atoms with van der Waals surface area (Å²) < 4.78 is 1.82. The number of aryl methyl sites for hydroxylation is 2. The van der Waals surface area contributed by atoms with Gasteiger partial charge in [0.1, 0.15) is 11.6 Å². The van der Waals surface area contributed by atoms with Crippen LogP contribution in [0.1, 0.15) is 34.6 Å². The number of aromatic nitrogens is 2. The molecule has 1 aliphatic rings. The molecule has 2 heterocycles. The third-order valence-corrected chi connectivity index (χ3v) is 6.06. The van der Waals surface area contributed by atoms with E-state index >= 15 is 0 Å². The number of thioether (sulfide) groups is 1. The summed E-state index contributed by atoms with van der Waals surface area (Å²) in [5.74, 6) is 1.29. The smallest absolute Gasteiger partial charge is 0.235 e. The lowest BCUT2D eigenvalue weighted by Crippen LogP contribution is -2.15. The highest BCUT2D eigenvalue weighted by Crippen LogP contribution is 2.44. The number of carbonyl (C=O) groups is 1. The molecule has 0 saturated heterocycles. The van der Waals surface area contributed by atoms with E-state index < -0.39 is 0 Å². The van der Waals surface area contributed by atoms with Crippen molar-refractivity contribution < 1.29 is 9.90 Å². The number of amides is 1. The second kappa shape index (κ2) is 7.12. The number of aromatic hydroxyl groups is 1. The Bertz CT molecular complexity index is 978. The van der Waals surface area contributed by atoms with Gasteiger partial charge in [0, 0.05) is 5.56 Å². The fourth-order valence-electron chi connectivity index (χ4n) is 3.36. The monoisotopic (exact) mass is 379 g/mol. The standard InChI is InChI=1S/C21H21N3O2S/c1-3-14-4-8-16(9-5-14)24-21-19(13(2)23-24)20(27-12-18(26)22-21)15-6-10-17(25)11-7-15/h4-11,20,25H,3,12H2,1-2H3,(H,22,26). The van der Waals surface area contributed by atoms with E-state index in [1.807, 2.05) is 35.9 Å². The van der Waals surface area contributed by atoms with E-state index in [1.54, 1.807) is 23.9 Å². The van der Waals surface area contributed by atoms with Gasteiger partial charge in [-0.2, -0.15) is 5.10 Å². The predicted molar refractivity (Wildman–Crippen MR) is 109 cm³/mol. The summed E-state index contributed by atoms with van der Waals surface area (Å²) >= 11 is 1.58. The number of nitrogens with one attached hydrogen (secondary N) is 1. The van der Waals surface area contributed by atoms with Crippen LogP contribution in [0.3, 0.4) is 0 Å². The van der Waals surface area contributed by atoms with Crippen molar-refractivity contribution in [3.63, 3.8) is 0 Å². The van der Waals surface area contributed by atoms with Gasteiger partial charge in [-0.25, -0.2) is 4.68 Å². The summed E-state index contributed by atoms with van der Waals surface area (Å²) in [6.45, 7) is 4.10. The van der Waals surface area contributed by atoms with Crippen LogP contribution in [-0.4, -0.2) is 26.5 Å². The zero-order valence-electron chi connectivity index (χ0n) is 15.3. The fourth-order valence-corrected chi connectivity index (χ4v) is 4.54. The van der Waals surface area contributed by atoms with Crippen LogP contribution in [-0.2, 0) is 11.2 Å². The molecule has 0 radical (unpaired) electrons. The second-order valence-electron chi connectivity index (χ2n) is 6.61. The Hall–Kier alpha value is -2.73. The third kappa shape index (κ3) is 3.32. The zero-order chi connectivity index (χ0) is 19.0. The number of hydrogen-bond donors (Lipinski definition) is 2. The van der Waals surface area contributed by atoms with Crippen LogP contribution >= 0.6 is 11.8 Å². The molecule has 1 amide bonds. The average molecular weight is 379 g/mol. The van der Waals surface area contributed by atoms with Crippen molar-refractivity contribution in [1.82, 2.24) is 9.78 Å². The van der Waals surface area contributed by atoms with Gasteiger partial charge in [0.2, 0.25) is 5.91 Å². The average Bonchev–Trinajstić information content (AvgIpc) is 2.88. The first-order chi connectivity index (χ1) is 13.1. The summed E-state index contributed by atoms with van der Waals surface area (Å²) in [4.78, 5) is 12.4. The highest BCUT2D eigenvalue weighted by molar-refractivity contribution is 8.00. The van der Waals surface area contributed by atoms with Crippen LogP contribution in [0.5, 0.6) is 5.75 Å². The molecule has 2 N–H and O–H groups in total. The zero-order valence-corrected chi connectivity index (χ0v) is 16.1. The summed E-state index contributed by atoms with van der Waals surface area (Å²) in [6, 6.07) is 15.4. The van der Waals surface area contributed by atoms with Crippen molar-refractivity contribution >= 4 is 23.5 Å². The van der Waals surface area contributed by atoms with Gasteiger partial charge in [-0.1, -0.05) is 31.2 Å². The molecule has 6 heteroatoms. The third-order valence-electron chi connectivity index (χ3n) is 4.79. The van der Waals surface area contributed by atoms with Crippen LogP contribution in [0.2, 0.25) is 0 Å². The van der Waals surface area contributed by atoms with Crippen molar-refractivity contribution in [2.45, 2.75) is 25.5 Å². The quantitative estimate of drug-likeness (QED) is 0.715. The molecule has 3 aromatic rings. The topological polar surface area (TPSA) is 67.2 Å². The first-order valence-corrected chi connectivity index (χ1v) is 10.0. The van der Waals surface area contributed by atoms with Crippen LogP contribution in [0.15, 0.2) is 48.5 Å². The van der Waals surface area contributed by atoms with Crippen LogP contribution in [0.25, 0.3) is 5.69 Å². The minimum Gasteiger partial charge on any atom is -0.508 e. The van der Waals surface area contributed by atoms with E-state index in [2.05, 4.69) is 24.4 Å². The highest BCUT2D eigenvalue weighted by atomic mass is 32.2. The van der Waals surface area contributed by atoms with Gasteiger partial charge in [-0.05, 0) is 48.7 Å². The normalized spacial score (nSPS) is 16.5. The van der Waals surface area contributed by atoms with E-state index in [0.717, 1.165) is 34.7 Å². The van der Waals surface area contributed by atoms with E-state index in [9.17, 15) is 9.90 Å². The molecule has 4 rings (SSSR count). The molecular formula is C21H21N3O2S. The summed E-state index contributed by atoms with van der Waals surface area (Å²) in [5.41, 5.74) is 5.12. The number of fused-ring (bicyclic) bond motifs is 1. The summed E-state index contributed by atoms with van der Waals surface area (Å²) in [5, 5.41) is 17.4. The number of nitrogens with zero attached hydrogens (tertiary/aromatic N) is 2. The van der Waals surface area contributed by atoms with E-state index in [-0.39, 0.29) is 16.9 Å². The van der Waals surface area contributed by atoms with E-state index in [0.29, 0.717) is 5.75 Å². The molecule has 1 aliphatic heterocycles. The van der Waals surface area contributed by atoms with Crippen LogP contribution in [0.4, 0.5) is 5.82 Å². The number of hydrogen-bond acceptors (Lipinski definition) is 4. The van der Waals surface area contributed by atoms with Crippen LogP contribution < -0.4 is 5.32 Å². The molecule has 5 nitrogen and oxygen atoms in total. The molecule has 27 heavy (non-hydrogen) atoms. The maximum absolute atomic E-state index is 12.4. The van der Waals surface area contributed by atoms with Crippen LogP contribution in [0, 0.1) is 6.92 Å². The summed E-state index contributed by atoms with van der Waals surface area (Å²) in [6.07, 6.45) is 0.979. The number of carbonyl (C=O) groups excluding carboxylic acids is 1. The molecule has 1 atom stereocenters. The Morgan fingerprint density at radius 1 is 1.19 bits per heavy atom. The lowest BCUT2D eigenvalue weighted by Gasteiger charge is -2.15. The van der Waals surface area contributed by atoms with Gasteiger partial charge < -0.3 is 10.4 Å². The first-order valence-electron chi connectivity index (χ1n) is 8.96. The molecule has 138 valence electrons. The SMILES string of the molecule is CCc1ccc(-n2nc(C)c3c2NC(=O)CSC3c2ccc(O)cc2)cc1. The minimum atomic E-state index is -0.0335. The first kappa shape index (κ1) is 17.7. The number of anilines is 1. The molecule has 0 aliphatic carbocycles. The van der Waals surface area contributed by atoms with Crippen molar-refractivity contribution in [3.05, 3.63) is 70.9 Å². The molecule has 0 spiro atoms. The molecule has 1 aromatic heterocycles. The van der Waals surface area contributed by atoms with Gasteiger partial charge in [-0.3, -0.25) is 4.79 Å². The molecule has 0 fully saturated rings. The number of rotatable bonds is 3. The van der Waals surface area contributed by atoms with Gasteiger partial charge in [-0.15, -0.1) is 11.8 Å². The number of phenols is 1. The van der Waals surface area contributed by atoms with Gasteiger partial charge >= 0.3 is 0 Å². The van der Waals surface area contributed by atoms with Crippen molar-refractivity contribution in [2.24, 2.45) is 0 Å². The largest absolute Gasteiger partial charge is 0.508 e. The minimum absolute atomic E-state index is 0.0248. The second-order valence-corrected chi connectivity index (χ2v) is 7.70. The van der Waals surface area contributed by atoms with E-state index in [1.165, 1.54) is 5.56 Å². The Balaban J connectivity index is 1.84. The maximum atomic E-state index is 12.4. The molecule has 0 bridgehead atoms. The Morgan fingerprint density at radius 2 is 1.89 bits per heavy atom. The highest BCUT2D eigenvalue weighted by Gasteiger charge is 2.30. The Labute approximate surface area is 162 Å². The van der Waals surface area contributed by atoms with Gasteiger partial charge in [0.15, 0.2) is 0 Å². The van der Waals surface area contributed by atoms with Crippen molar-refractivity contribution in [1.29, 1.82) is 0 Å². The van der Waals surface area contributed by atoms with Gasteiger partial charge in [0.25, 0.3) is 0 Å². The van der Waals surface area contributed by atoms with Crippen molar-refractivity contribution in [2.75, 3.05) is 11.1 Å². The fraction of sp³-hybridized carbons (Fsp3) is 0.238. The molecule has 1 unspecified atom stereocenters. The Morgan fingerprint density at radius 3 is 2.56 bits per heavy atom. The summed E-state index contributed by atoms with van der Waals surface area (Å²) in [7, 11) is 0. The number of benzene rings is 2. The van der Waals surface area contributed by atoms with E-state index in [4.69, 9.17) is 5.10 Å². The number of phenolic OH excluding ortho intramolecular Hbond substituents is 1. The lowest BCUT2D eigenvalue weighted by atomic mass is 10.0. The Kier molecular flexibility index (Phi) is 4.66.